The lowest BCUT2D eigenvalue weighted by Gasteiger charge is -2.53. The lowest BCUT2D eigenvalue weighted by atomic mass is 9.52. The van der Waals surface area contributed by atoms with Crippen molar-refractivity contribution in [1.29, 1.82) is 0 Å². The smallest absolute Gasteiger partial charge is 0.0704 e. The summed E-state index contributed by atoms with van der Waals surface area (Å²) in [5, 5.41) is 10.4. The zero-order chi connectivity index (χ0) is 12.5. The first-order valence-electron chi connectivity index (χ1n) is 6.84. The van der Waals surface area contributed by atoms with Gasteiger partial charge in [0.2, 0.25) is 0 Å². The molecule has 96 valence electrons. The van der Waals surface area contributed by atoms with Crippen LogP contribution in [0.4, 0.5) is 0 Å². The van der Waals surface area contributed by atoms with Crippen LogP contribution in [-0.2, 0) is 4.74 Å². The fourth-order valence-electron chi connectivity index (χ4n) is 4.86. The Hall–Kier alpha value is -0.340. The maximum atomic E-state index is 10.4. The van der Waals surface area contributed by atoms with E-state index in [-0.39, 0.29) is 22.7 Å². The predicted molar refractivity (Wildman–Crippen MR) is 67.7 cm³/mol. The summed E-state index contributed by atoms with van der Waals surface area (Å²) in [4.78, 5) is 0. The van der Waals surface area contributed by atoms with E-state index < -0.39 is 0 Å². The van der Waals surface area contributed by atoms with Gasteiger partial charge in [0, 0.05) is 17.3 Å². The summed E-state index contributed by atoms with van der Waals surface area (Å²) in [6.45, 7) is 8.90. The first kappa shape index (κ1) is 11.7. The Morgan fingerprint density at radius 2 is 1.94 bits per heavy atom. The maximum Gasteiger partial charge on any atom is 0.0704 e. The standard InChI is InChI=1S/C15H24O2/c1-13(2)10-6-5-8-14(3)11(16)7-9-15(4,17-13)12(10)14/h5-6,10-12,16H,7-9H2,1-4H3/t10-,11+,12?,14-,15+/m0/s1. The minimum Gasteiger partial charge on any atom is -0.393 e. The predicted octanol–water partition coefficient (Wildman–Crippen LogP) is 2.91. The molecule has 0 amide bonds. The molecule has 2 fully saturated rings. The van der Waals surface area contributed by atoms with E-state index >= 15 is 0 Å². The molecule has 17 heavy (non-hydrogen) atoms. The van der Waals surface area contributed by atoms with Crippen LogP contribution < -0.4 is 0 Å². The summed E-state index contributed by atoms with van der Waals surface area (Å²) in [5.41, 5.74) is -0.144. The van der Waals surface area contributed by atoms with E-state index in [1.54, 1.807) is 0 Å². The molecule has 1 aliphatic heterocycles. The SMILES string of the molecule is CC1(C)O[C@]2(C)CC[C@@H](O)[C@]3(C)CC=C[C@H]1C23. The Morgan fingerprint density at radius 1 is 1.24 bits per heavy atom. The third-order valence-corrected chi connectivity index (χ3v) is 5.60. The van der Waals surface area contributed by atoms with Gasteiger partial charge in [0.1, 0.15) is 0 Å². The van der Waals surface area contributed by atoms with E-state index in [4.69, 9.17) is 4.74 Å². The van der Waals surface area contributed by atoms with Gasteiger partial charge in [-0.3, -0.25) is 0 Å². The highest BCUT2D eigenvalue weighted by atomic mass is 16.5. The van der Waals surface area contributed by atoms with Gasteiger partial charge in [-0.15, -0.1) is 0 Å². The van der Waals surface area contributed by atoms with Gasteiger partial charge in [-0.2, -0.15) is 0 Å². The molecule has 1 heterocycles. The highest BCUT2D eigenvalue weighted by Gasteiger charge is 2.65. The number of aliphatic hydroxyl groups excluding tert-OH is 1. The highest BCUT2D eigenvalue weighted by Crippen LogP contribution is 2.63. The van der Waals surface area contributed by atoms with Crippen LogP contribution in [0.15, 0.2) is 12.2 Å². The van der Waals surface area contributed by atoms with E-state index in [1.807, 2.05) is 0 Å². The summed E-state index contributed by atoms with van der Waals surface area (Å²) in [5.74, 6) is 0.903. The Labute approximate surface area is 104 Å². The van der Waals surface area contributed by atoms with Gasteiger partial charge in [-0.25, -0.2) is 0 Å². The van der Waals surface area contributed by atoms with E-state index in [9.17, 15) is 5.11 Å². The Kier molecular flexibility index (Phi) is 2.18. The van der Waals surface area contributed by atoms with Crippen LogP contribution in [0.1, 0.15) is 47.0 Å². The second kappa shape index (κ2) is 3.16. The molecule has 3 rings (SSSR count). The van der Waals surface area contributed by atoms with Crippen LogP contribution in [0.5, 0.6) is 0 Å². The molecule has 1 unspecified atom stereocenters. The number of ether oxygens (including phenoxy) is 1. The van der Waals surface area contributed by atoms with Gasteiger partial charge in [-0.05, 0) is 40.0 Å². The van der Waals surface area contributed by atoms with Crippen molar-refractivity contribution in [3.8, 4) is 0 Å². The molecule has 1 saturated carbocycles. The van der Waals surface area contributed by atoms with Crippen LogP contribution in [-0.4, -0.2) is 22.4 Å². The minimum absolute atomic E-state index is 0.000185. The van der Waals surface area contributed by atoms with Crippen molar-refractivity contribution in [3.05, 3.63) is 12.2 Å². The molecule has 3 aliphatic rings. The molecule has 0 radical (unpaired) electrons. The van der Waals surface area contributed by atoms with Crippen LogP contribution in [0, 0.1) is 17.3 Å². The quantitative estimate of drug-likeness (QED) is 0.655. The lowest BCUT2D eigenvalue weighted by Crippen LogP contribution is -2.55. The molecular formula is C15H24O2. The summed E-state index contributed by atoms with van der Waals surface area (Å²) >= 11 is 0. The average molecular weight is 236 g/mol. The molecule has 2 nitrogen and oxygen atoms in total. The molecule has 0 spiro atoms. The van der Waals surface area contributed by atoms with Crippen molar-refractivity contribution >= 4 is 0 Å². The number of rotatable bonds is 0. The van der Waals surface area contributed by atoms with Crippen molar-refractivity contribution in [1.82, 2.24) is 0 Å². The zero-order valence-electron chi connectivity index (χ0n) is 11.4. The van der Waals surface area contributed by atoms with E-state index in [0.717, 1.165) is 19.3 Å². The molecule has 1 saturated heterocycles. The van der Waals surface area contributed by atoms with Gasteiger partial charge in [-0.1, -0.05) is 19.1 Å². The summed E-state index contributed by atoms with van der Waals surface area (Å²) < 4.78 is 6.41. The number of allylic oxidation sites excluding steroid dienone is 1. The molecular weight excluding hydrogens is 212 g/mol. The van der Waals surface area contributed by atoms with Gasteiger partial charge in [0.15, 0.2) is 0 Å². The molecule has 0 aromatic carbocycles. The van der Waals surface area contributed by atoms with Crippen LogP contribution >= 0.6 is 0 Å². The first-order valence-corrected chi connectivity index (χ1v) is 6.84. The Morgan fingerprint density at radius 3 is 2.65 bits per heavy atom. The van der Waals surface area contributed by atoms with Crippen molar-refractivity contribution in [2.75, 3.05) is 0 Å². The maximum absolute atomic E-state index is 10.4. The van der Waals surface area contributed by atoms with Gasteiger partial charge in [0.05, 0.1) is 17.3 Å². The number of hydrogen-bond acceptors (Lipinski definition) is 2. The normalized spacial score (nSPS) is 55.7. The third kappa shape index (κ3) is 1.34. The Balaban J connectivity index is 2.12. The van der Waals surface area contributed by atoms with Crippen molar-refractivity contribution in [2.24, 2.45) is 17.3 Å². The lowest BCUT2D eigenvalue weighted by molar-refractivity contribution is -0.153. The van der Waals surface area contributed by atoms with Gasteiger partial charge in [0.25, 0.3) is 0 Å². The number of hydrogen-bond donors (Lipinski definition) is 1. The van der Waals surface area contributed by atoms with Crippen molar-refractivity contribution in [2.45, 2.75) is 64.3 Å². The van der Waals surface area contributed by atoms with Crippen molar-refractivity contribution in [3.63, 3.8) is 0 Å². The largest absolute Gasteiger partial charge is 0.393 e. The molecule has 1 N–H and O–H groups in total. The van der Waals surface area contributed by atoms with E-state index in [0.29, 0.717) is 11.8 Å². The summed E-state index contributed by atoms with van der Waals surface area (Å²) in [6.07, 6.45) is 7.26. The first-order chi connectivity index (χ1) is 7.80. The molecule has 0 bridgehead atoms. The van der Waals surface area contributed by atoms with Gasteiger partial charge < -0.3 is 9.84 Å². The van der Waals surface area contributed by atoms with Crippen molar-refractivity contribution < 1.29 is 9.84 Å². The summed E-state index contributed by atoms with van der Waals surface area (Å²) in [7, 11) is 0. The monoisotopic (exact) mass is 236 g/mol. The molecule has 5 atom stereocenters. The second-order valence-corrected chi connectivity index (χ2v) is 7.21. The average Bonchev–Trinajstić information content (AvgIpc) is 2.44. The van der Waals surface area contributed by atoms with Crippen LogP contribution in [0.3, 0.4) is 0 Å². The highest BCUT2D eigenvalue weighted by molar-refractivity contribution is 5.21. The zero-order valence-corrected chi connectivity index (χ0v) is 11.4. The molecule has 0 aromatic rings. The van der Waals surface area contributed by atoms with Crippen LogP contribution in [0.2, 0.25) is 0 Å². The van der Waals surface area contributed by atoms with E-state index in [1.165, 1.54) is 0 Å². The topological polar surface area (TPSA) is 29.5 Å². The molecule has 2 heteroatoms. The molecule has 2 aliphatic carbocycles. The fourth-order valence-corrected chi connectivity index (χ4v) is 4.86. The minimum atomic E-state index is -0.175. The second-order valence-electron chi connectivity index (χ2n) is 7.21. The van der Waals surface area contributed by atoms with E-state index in [2.05, 4.69) is 39.8 Å². The summed E-state index contributed by atoms with van der Waals surface area (Å²) in [6, 6.07) is 0. The third-order valence-electron chi connectivity index (χ3n) is 5.60. The molecule has 0 aromatic heterocycles. The van der Waals surface area contributed by atoms with Gasteiger partial charge >= 0.3 is 0 Å². The number of aliphatic hydroxyl groups is 1. The Bertz CT molecular complexity index is 373. The fraction of sp³-hybridized carbons (Fsp3) is 0.867. The van der Waals surface area contributed by atoms with Crippen LogP contribution in [0.25, 0.3) is 0 Å².